The molecule has 1 aliphatic heterocycles. The summed E-state index contributed by atoms with van der Waals surface area (Å²) in [5.41, 5.74) is 0.771. The number of carbonyl (C=O) groups excluding carboxylic acids is 1. The molecule has 1 N–H and O–H groups in total. The Hall–Kier alpha value is -3.29. The lowest BCUT2D eigenvalue weighted by molar-refractivity contribution is 0.147. The van der Waals surface area contributed by atoms with E-state index in [1.807, 2.05) is 30.3 Å². The topological polar surface area (TPSA) is 97.0 Å². The minimum atomic E-state index is -0.136. The lowest BCUT2D eigenvalue weighted by Crippen LogP contribution is -2.50. The van der Waals surface area contributed by atoms with Gasteiger partial charge in [0.25, 0.3) is 0 Å². The quantitative estimate of drug-likeness (QED) is 0.793. The molecule has 2 amide bonds. The Morgan fingerprint density at radius 2 is 1.83 bits per heavy atom. The van der Waals surface area contributed by atoms with Gasteiger partial charge in [-0.25, -0.2) is 14.8 Å². The number of amides is 2. The molecule has 2 aromatic heterocycles. The van der Waals surface area contributed by atoms with E-state index in [9.17, 15) is 4.79 Å². The van der Waals surface area contributed by atoms with Crippen molar-refractivity contribution in [1.29, 1.82) is 0 Å². The number of hydrogen-bond acceptors (Lipinski definition) is 6. The van der Waals surface area contributed by atoms with Gasteiger partial charge in [0.15, 0.2) is 0 Å². The maximum Gasteiger partial charge on any atom is 0.321 e. The molecule has 0 aliphatic carbocycles. The predicted molar refractivity (Wildman–Crippen MR) is 85.1 cm³/mol. The van der Waals surface area contributed by atoms with E-state index in [2.05, 4.69) is 25.4 Å². The molecule has 3 heterocycles. The molecule has 8 heteroatoms. The molecule has 1 aliphatic rings. The molecule has 24 heavy (non-hydrogen) atoms. The van der Waals surface area contributed by atoms with Gasteiger partial charge in [0.05, 0.1) is 5.92 Å². The molecule has 0 spiro atoms. The summed E-state index contributed by atoms with van der Waals surface area (Å²) in [6.07, 6.45) is 3.24. The van der Waals surface area contributed by atoms with Crippen LogP contribution in [-0.2, 0) is 0 Å². The van der Waals surface area contributed by atoms with E-state index in [1.165, 1.54) is 0 Å². The highest BCUT2D eigenvalue weighted by Crippen LogP contribution is 2.27. The maximum absolute atomic E-state index is 12.1. The molecule has 1 aromatic carbocycles. The largest absolute Gasteiger partial charge is 0.338 e. The van der Waals surface area contributed by atoms with Crippen molar-refractivity contribution in [3.05, 3.63) is 54.7 Å². The predicted octanol–water partition coefficient (Wildman–Crippen LogP) is 2.16. The van der Waals surface area contributed by atoms with Crippen molar-refractivity contribution in [3.8, 4) is 11.6 Å². The third kappa shape index (κ3) is 2.81. The molecular weight excluding hydrogens is 308 g/mol. The fourth-order valence-corrected chi connectivity index (χ4v) is 2.43. The zero-order chi connectivity index (χ0) is 16.4. The molecule has 0 radical (unpaired) electrons. The monoisotopic (exact) mass is 322 g/mol. The summed E-state index contributed by atoms with van der Waals surface area (Å²) in [5, 5.41) is 6.74. The number of anilines is 1. The molecule has 120 valence electrons. The summed E-state index contributed by atoms with van der Waals surface area (Å²) in [6.45, 7) is 1.08. The van der Waals surface area contributed by atoms with Gasteiger partial charge in [-0.1, -0.05) is 23.4 Å². The average Bonchev–Trinajstić information content (AvgIpc) is 3.05. The van der Waals surface area contributed by atoms with E-state index in [0.717, 1.165) is 5.69 Å². The highest BCUT2D eigenvalue weighted by atomic mass is 16.5. The molecule has 1 saturated heterocycles. The van der Waals surface area contributed by atoms with Crippen LogP contribution in [-0.4, -0.2) is 44.1 Å². The molecule has 0 unspecified atom stereocenters. The van der Waals surface area contributed by atoms with E-state index >= 15 is 0 Å². The summed E-state index contributed by atoms with van der Waals surface area (Å²) in [6, 6.07) is 10.9. The Labute approximate surface area is 137 Å². The Kier molecular flexibility index (Phi) is 3.62. The van der Waals surface area contributed by atoms with Gasteiger partial charge in [0.2, 0.25) is 17.5 Å². The molecule has 8 nitrogen and oxygen atoms in total. The normalized spacial score (nSPS) is 14.2. The lowest BCUT2D eigenvalue weighted by Gasteiger charge is -2.36. The summed E-state index contributed by atoms with van der Waals surface area (Å²) in [4.78, 5) is 26.3. The Morgan fingerprint density at radius 3 is 2.58 bits per heavy atom. The van der Waals surface area contributed by atoms with E-state index in [1.54, 1.807) is 23.4 Å². The fraction of sp³-hybridized carbons (Fsp3) is 0.188. The number of benzene rings is 1. The fourth-order valence-electron chi connectivity index (χ4n) is 2.43. The van der Waals surface area contributed by atoms with Crippen LogP contribution in [0.4, 0.5) is 10.5 Å². The standard InChI is InChI=1S/C16H14N6O2/c23-16(19-12-5-2-1-3-6-12)22-9-11(10-22)15-20-14(21-24-15)13-17-7-4-8-18-13/h1-8,11H,9-10H2,(H,19,23). The molecule has 1 fully saturated rings. The summed E-state index contributed by atoms with van der Waals surface area (Å²) >= 11 is 0. The number of likely N-dealkylation sites (tertiary alicyclic amines) is 1. The molecular formula is C16H14N6O2. The minimum absolute atomic E-state index is 0.0384. The number of urea groups is 1. The van der Waals surface area contributed by atoms with Crippen LogP contribution in [0.2, 0.25) is 0 Å². The first-order valence-electron chi connectivity index (χ1n) is 7.51. The van der Waals surface area contributed by atoms with Crippen molar-refractivity contribution < 1.29 is 9.32 Å². The van der Waals surface area contributed by atoms with Gasteiger partial charge in [-0.15, -0.1) is 0 Å². The van der Waals surface area contributed by atoms with Crippen LogP contribution < -0.4 is 5.32 Å². The van der Waals surface area contributed by atoms with Crippen molar-refractivity contribution in [2.24, 2.45) is 0 Å². The number of rotatable bonds is 3. The van der Waals surface area contributed by atoms with Gasteiger partial charge in [0, 0.05) is 31.2 Å². The summed E-state index contributed by atoms with van der Waals surface area (Å²) in [5.74, 6) is 1.32. The van der Waals surface area contributed by atoms with Crippen LogP contribution in [0.5, 0.6) is 0 Å². The highest BCUT2D eigenvalue weighted by Gasteiger charge is 2.35. The Bertz CT molecular complexity index is 830. The van der Waals surface area contributed by atoms with Crippen LogP contribution >= 0.6 is 0 Å². The lowest BCUT2D eigenvalue weighted by atomic mass is 10.0. The second kappa shape index (κ2) is 6.07. The number of nitrogens with zero attached hydrogens (tertiary/aromatic N) is 5. The van der Waals surface area contributed by atoms with Crippen molar-refractivity contribution in [1.82, 2.24) is 25.0 Å². The van der Waals surface area contributed by atoms with Gasteiger partial charge in [-0.05, 0) is 18.2 Å². The number of carbonyl (C=O) groups is 1. The maximum atomic E-state index is 12.1. The smallest absolute Gasteiger partial charge is 0.321 e. The third-order valence-electron chi connectivity index (χ3n) is 3.75. The molecule has 0 bridgehead atoms. The number of aromatic nitrogens is 4. The summed E-state index contributed by atoms with van der Waals surface area (Å²) < 4.78 is 5.27. The van der Waals surface area contributed by atoms with Crippen molar-refractivity contribution >= 4 is 11.7 Å². The highest BCUT2D eigenvalue weighted by molar-refractivity contribution is 5.89. The second-order valence-corrected chi connectivity index (χ2v) is 5.43. The number of nitrogens with one attached hydrogen (secondary N) is 1. The van der Waals surface area contributed by atoms with Gasteiger partial charge < -0.3 is 14.7 Å². The van der Waals surface area contributed by atoms with E-state index in [-0.39, 0.29) is 11.9 Å². The van der Waals surface area contributed by atoms with E-state index in [0.29, 0.717) is 30.6 Å². The first kappa shape index (κ1) is 14.3. The zero-order valence-corrected chi connectivity index (χ0v) is 12.7. The Balaban J connectivity index is 1.36. The van der Waals surface area contributed by atoms with Crippen LogP contribution in [0, 0.1) is 0 Å². The van der Waals surface area contributed by atoms with Crippen LogP contribution in [0.15, 0.2) is 53.3 Å². The molecule has 0 saturated carbocycles. The van der Waals surface area contributed by atoms with Crippen molar-refractivity contribution in [2.75, 3.05) is 18.4 Å². The summed E-state index contributed by atoms with van der Waals surface area (Å²) in [7, 11) is 0. The van der Waals surface area contributed by atoms with E-state index in [4.69, 9.17) is 4.52 Å². The van der Waals surface area contributed by atoms with Crippen LogP contribution in [0.1, 0.15) is 11.8 Å². The van der Waals surface area contributed by atoms with Gasteiger partial charge in [0.1, 0.15) is 0 Å². The zero-order valence-electron chi connectivity index (χ0n) is 12.7. The molecule has 3 aromatic rings. The number of hydrogen-bond donors (Lipinski definition) is 1. The van der Waals surface area contributed by atoms with Crippen LogP contribution in [0.25, 0.3) is 11.6 Å². The van der Waals surface area contributed by atoms with Crippen LogP contribution in [0.3, 0.4) is 0 Å². The average molecular weight is 322 g/mol. The SMILES string of the molecule is O=C(Nc1ccccc1)N1CC(c2nc(-c3ncccn3)no2)C1. The second-order valence-electron chi connectivity index (χ2n) is 5.43. The minimum Gasteiger partial charge on any atom is -0.338 e. The first-order valence-corrected chi connectivity index (χ1v) is 7.51. The van der Waals surface area contributed by atoms with Crippen molar-refractivity contribution in [3.63, 3.8) is 0 Å². The van der Waals surface area contributed by atoms with E-state index < -0.39 is 0 Å². The third-order valence-corrected chi connectivity index (χ3v) is 3.75. The Morgan fingerprint density at radius 1 is 1.08 bits per heavy atom. The first-order chi connectivity index (χ1) is 11.8. The number of para-hydroxylation sites is 1. The molecule has 4 rings (SSSR count). The van der Waals surface area contributed by atoms with Crippen molar-refractivity contribution in [2.45, 2.75) is 5.92 Å². The van der Waals surface area contributed by atoms with Gasteiger partial charge in [-0.3, -0.25) is 0 Å². The van der Waals surface area contributed by atoms with Gasteiger partial charge >= 0.3 is 6.03 Å². The molecule has 0 atom stereocenters. The van der Waals surface area contributed by atoms with Gasteiger partial charge in [-0.2, -0.15) is 4.98 Å².